The average Bonchev–Trinajstić information content (AvgIpc) is 3.32. The molecule has 7 nitrogen and oxygen atoms in total. The molecule has 1 saturated heterocycles. The first-order chi connectivity index (χ1) is 15.1. The third-order valence-electron chi connectivity index (χ3n) is 5.22. The first-order valence-corrected chi connectivity index (χ1v) is 10.7. The third kappa shape index (κ3) is 7.67. The number of rotatable bonds is 8. The van der Waals surface area contributed by atoms with Crippen LogP contribution in [0.25, 0.3) is 0 Å². The van der Waals surface area contributed by atoms with Gasteiger partial charge >= 0.3 is 0 Å². The lowest BCUT2D eigenvalue weighted by Crippen LogP contribution is -2.37. The minimum Gasteiger partial charge on any atom is -0.496 e. The van der Waals surface area contributed by atoms with Crippen LogP contribution in [0.15, 0.2) is 47.5 Å². The smallest absolute Gasteiger partial charge is 0.253 e. The molecule has 0 aliphatic carbocycles. The molecule has 3 N–H and O–H groups in total. The number of guanidine groups is 1. The van der Waals surface area contributed by atoms with Crippen molar-refractivity contribution in [1.29, 1.82) is 0 Å². The number of halogens is 1. The molecule has 32 heavy (non-hydrogen) atoms. The fourth-order valence-electron chi connectivity index (χ4n) is 3.59. The van der Waals surface area contributed by atoms with Crippen molar-refractivity contribution in [3.05, 3.63) is 59.2 Å². The van der Waals surface area contributed by atoms with Gasteiger partial charge in [0.25, 0.3) is 5.91 Å². The first kappa shape index (κ1) is 25.9. The van der Waals surface area contributed by atoms with Crippen molar-refractivity contribution in [3.8, 4) is 5.75 Å². The number of aliphatic imine (C=N–C) groups is 1. The Morgan fingerprint density at radius 1 is 1.22 bits per heavy atom. The number of methoxy groups -OCH3 is 1. The lowest BCUT2D eigenvalue weighted by atomic mass is 10.1. The van der Waals surface area contributed by atoms with Gasteiger partial charge in [-0.2, -0.15) is 0 Å². The van der Waals surface area contributed by atoms with Gasteiger partial charge < -0.3 is 25.4 Å². The van der Waals surface area contributed by atoms with E-state index in [-0.39, 0.29) is 36.0 Å². The number of hydrogen-bond acceptors (Lipinski definition) is 4. The van der Waals surface area contributed by atoms with E-state index in [9.17, 15) is 4.79 Å². The molecule has 0 saturated carbocycles. The molecule has 1 amide bonds. The molecule has 1 unspecified atom stereocenters. The van der Waals surface area contributed by atoms with Gasteiger partial charge in [-0.15, -0.1) is 24.0 Å². The minimum absolute atomic E-state index is 0. The Kier molecular flexibility index (Phi) is 10.8. The van der Waals surface area contributed by atoms with Crippen LogP contribution in [0.1, 0.15) is 29.5 Å². The van der Waals surface area contributed by atoms with Crippen LogP contribution in [-0.2, 0) is 22.5 Å². The highest BCUT2D eigenvalue weighted by atomic mass is 127. The van der Waals surface area contributed by atoms with Crippen molar-refractivity contribution in [3.63, 3.8) is 0 Å². The lowest BCUT2D eigenvalue weighted by Gasteiger charge is -2.14. The standard InChI is InChI=1S/C24H32N4O3.HI/c1-17-9-10-21(30-3)19(14-17)11-12-26-24(25-2)27-16-18-6-4-7-20(15-18)28-23(29)22-8-5-13-31-22;/h4,6-7,9-10,14-15,22H,5,8,11-13,16H2,1-3H3,(H,28,29)(H2,25,26,27);1H. The average molecular weight is 552 g/mol. The number of hydrogen-bond donors (Lipinski definition) is 3. The Balaban J connectivity index is 0.00000363. The monoisotopic (exact) mass is 552 g/mol. The molecule has 3 rings (SSSR count). The summed E-state index contributed by atoms with van der Waals surface area (Å²) in [7, 11) is 3.44. The second-order valence-corrected chi connectivity index (χ2v) is 7.61. The third-order valence-corrected chi connectivity index (χ3v) is 5.22. The molecule has 1 fully saturated rings. The Labute approximate surface area is 207 Å². The van der Waals surface area contributed by atoms with Crippen molar-refractivity contribution in [2.75, 3.05) is 32.6 Å². The van der Waals surface area contributed by atoms with E-state index < -0.39 is 0 Å². The summed E-state index contributed by atoms with van der Waals surface area (Å²) in [6.45, 7) is 4.06. The molecule has 1 aliphatic heterocycles. The Morgan fingerprint density at radius 3 is 2.78 bits per heavy atom. The van der Waals surface area contributed by atoms with E-state index in [1.54, 1.807) is 14.2 Å². The normalized spacial score (nSPS) is 15.6. The Bertz CT molecular complexity index is 914. The fourth-order valence-corrected chi connectivity index (χ4v) is 3.59. The number of aryl methyl sites for hydroxylation is 1. The number of benzene rings is 2. The molecule has 0 spiro atoms. The molecule has 2 aromatic carbocycles. The van der Waals surface area contributed by atoms with Gasteiger partial charge in [0, 0.05) is 32.4 Å². The van der Waals surface area contributed by atoms with Crippen LogP contribution in [0.3, 0.4) is 0 Å². The summed E-state index contributed by atoms with van der Waals surface area (Å²) in [6.07, 6.45) is 2.21. The molecule has 1 heterocycles. The van der Waals surface area contributed by atoms with E-state index in [2.05, 4.69) is 33.9 Å². The van der Waals surface area contributed by atoms with Gasteiger partial charge in [-0.05, 0) is 55.5 Å². The number of anilines is 1. The second-order valence-electron chi connectivity index (χ2n) is 7.61. The van der Waals surface area contributed by atoms with Gasteiger partial charge in [0.15, 0.2) is 5.96 Å². The topological polar surface area (TPSA) is 84.0 Å². The van der Waals surface area contributed by atoms with Gasteiger partial charge in [0.1, 0.15) is 11.9 Å². The summed E-state index contributed by atoms with van der Waals surface area (Å²) in [5.41, 5.74) is 4.20. The van der Waals surface area contributed by atoms with Crippen LogP contribution in [0, 0.1) is 6.92 Å². The maximum absolute atomic E-state index is 12.3. The maximum atomic E-state index is 12.3. The van der Waals surface area contributed by atoms with Gasteiger partial charge in [0.05, 0.1) is 7.11 Å². The predicted octanol–water partition coefficient (Wildman–Crippen LogP) is 3.65. The predicted molar refractivity (Wildman–Crippen MR) is 139 cm³/mol. The van der Waals surface area contributed by atoms with Crippen molar-refractivity contribution in [2.24, 2.45) is 4.99 Å². The zero-order valence-electron chi connectivity index (χ0n) is 18.9. The molecule has 0 bridgehead atoms. The summed E-state index contributed by atoms with van der Waals surface area (Å²) in [6, 6.07) is 14.0. The second kappa shape index (κ2) is 13.3. The molecular formula is C24H33IN4O3. The van der Waals surface area contributed by atoms with E-state index in [1.165, 1.54) is 11.1 Å². The Hall–Kier alpha value is -2.33. The van der Waals surface area contributed by atoms with E-state index in [4.69, 9.17) is 9.47 Å². The van der Waals surface area contributed by atoms with Crippen LogP contribution < -0.4 is 20.7 Å². The number of nitrogens with one attached hydrogen (secondary N) is 3. The molecule has 174 valence electrons. The minimum atomic E-state index is -0.336. The van der Waals surface area contributed by atoms with Crippen LogP contribution in [0.5, 0.6) is 5.75 Å². The SMILES string of the molecule is CN=C(NCCc1cc(C)ccc1OC)NCc1cccc(NC(=O)C2CCCO2)c1.I. The van der Waals surface area contributed by atoms with Crippen LogP contribution in [0.2, 0.25) is 0 Å². The highest BCUT2D eigenvalue weighted by Crippen LogP contribution is 2.20. The van der Waals surface area contributed by atoms with E-state index in [1.807, 2.05) is 36.4 Å². The molecule has 1 atom stereocenters. The highest BCUT2D eigenvalue weighted by Gasteiger charge is 2.23. The van der Waals surface area contributed by atoms with Crippen molar-refractivity contribution >= 4 is 41.5 Å². The Morgan fingerprint density at radius 2 is 2.06 bits per heavy atom. The van der Waals surface area contributed by atoms with Crippen molar-refractivity contribution in [1.82, 2.24) is 10.6 Å². The highest BCUT2D eigenvalue weighted by molar-refractivity contribution is 14.0. The van der Waals surface area contributed by atoms with E-state index in [0.29, 0.717) is 13.2 Å². The quantitative estimate of drug-likeness (QED) is 0.265. The lowest BCUT2D eigenvalue weighted by molar-refractivity contribution is -0.124. The summed E-state index contributed by atoms with van der Waals surface area (Å²) >= 11 is 0. The zero-order chi connectivity index (χ0) is 22.1. The van der Waals surface area contributed by atoms with Crippen LogP contribution in [-0.4, -0.2) is 45.3 Å². The summed E-state index contributed by atoms with van der Waals surface area (Å²) in [4.78, 5) is 16.5. The van der Waals surface area contributed by atoms with Gasteiger partial charge in [-0.3, -0.25) is 9.79 Å². The van der Waals surface area contributed by atoms with Crippen LogP contribution in [0.4, 0.5) is 5.69 Å². The van der Waals surface area contributed by atoms with Crippen LogP contribution >= 0.6 is 24.0 Å². The maximum Gasteiger partial charge on any atom is 0.253 e. The first-order valence-electron chi connectivity index (χ1n) is 10.7. The number of ether oxygens (including phenoxy) is 2. The summed E-state index contributed by atoms with van der Waals surface area (Å²) in [5, 5.41) is 9.60. The molecule has 0 aromatic heterocycles. The summed E-state index contributed by atoms with van der Waals surface area (Å²) in [5.74, 6) is 1.55. The van der Waals surface area contributed by atoms with Gasteiger partial charge in [0.2, 0.25) is 0 Å². The number of carbonyl (C=O) groups is 1. The molecular weight excluding hydrogens is 519 g/mol. The molecule has 2 aromatic rings. The van der Waals surface area contributed by atoms with Gasteiger partial charge in [-0.25, -0.2) is 0 Å². The molecule has 1 aliphatic rings. The van der Waals surface area contributed by atoms with E-state index in [0.717, 1.165) is 48.8 Å². The van der Waals surface area contributed by atoms with Crippen molar-refractivity contribution in [2.45, 2.75) is 38.8 Å². The largest absolute Gasteiger partial charge is 0.496 e. The number of carbonyl (C=O) groups excluding carboxylic acids is 1. The zero-order valence-corrected chi connectivity index (χ0v) is 21.3. The number of amides is 1. The van der Waals surface area contributed by atoms with Crippen molar-refractivity contribution < 1.29 is 14.3 Å². The fraction of sp³-hybridized carbons (Fsp3) is 0.417. The van der Waals surface area contributed by atoms with E-state index >= 15 is 0 Å². The molecule has 8 heteroatoms. The van der Waals surface area contributed by atoms with Gasteiger partial charge in [-0.1, -0.05) is 29.8 Å². The summed E-state index contributed by atoms with van der Waals surface area (Å²) < 4.78 is 10.9. The number of nitrogens with zero attached hydrogens (tertiary/aromatic N) is 1. The molecule has 0 radical (unpaired) electrons.